The molecular formula is C13H7Br2N3O2. The molecular weight excluding hydrogens is 390 g/mol. The maximum absolute atomic E-state index is 11.0. The minimum Gasteiger partial charge on any atom is -0.478 e. The molecule has 0 aliphatic heterocycles. The smallest absolute Gasteiger partial charge is 0.335 e. The maximum atomic E-state index is 11.0. The summed E-state index contributed by atoms with van der Waals surface area (Å²) in [5, 5.41) is 17.1. The molecule has 0 aliphatic carbocycles. The first kappa shape index (κ1) is 13.3. The molecule has 3 aromatic rings. The van der Waals surface area contributed by atoms with Crippen LogP contribution in [-0.4, -0.2) is 26.1 Å². The summed E-state index contributed by atoms with van der Waals surface area (Å²) < 4.78 is 3.39. The SMILES string of the molecule is O=C(O)c1ccc2c(c1)nnn2-c1c(Br)cccc1Br. The van der Waals surface area contributed by atoms with Crippen molar-refractivity contribution in [3.8, 4) is 5.69 Å². The van der Waals surface area contributed by atoms with Gasteiger partial charge in [-0.1, -0.05) is 11.3 Å². The maximum Gasteiger partial charge on any atom is 0.335 e. The second kappa shape index (κ2) is 4.99. The Bertz CT molecular complexity index is 809. The minimum atomic E-state index is -0.983. The van der Waals surface area contributed by atoms with Crippen LogP contribution in [0.4, 0.5) is 0 Å². The second-order valence-corrected chi connectivity index (χ2v) is 5.79. The van der Waals surface area contributed by atoms with Crippen molar-refractivity contribution in [2.24, 2.45) is 0 Å². The predicted molar refractivity (Wildman–Crippen MR) is 81.2 cm³/mol. The number of carbonyl (C=O) groups is 1. The van der Waals surface area contributed by atoms with Crippen molar-refractivity contribution in [3.63, 3.8) is 0 Å². The predicted octanol–water partition coefficient (Wildman–Crippen LogP) is 3.64. The van der Waals surface area contributed by atoms with Gasteiger partial charge in [-0.3, -0.25) is 0 Å². The van der Waals surface area contributed by atoms with E-state index in [4.69, 9.17) is 5.11 Å². The summed E-state index contributed by atoms with van der Waals surface area (Å²) in [6, 6.07) is 10.4. The number of benzene rings is 2. The fraction of sp³-hybridized carbons (Fsp3) is 0. The Balaban J connectivity index is 2.26. The second-order valence-electron chi connectivity index (χ2n) is 4.08. The van der Waals surface area contributed by atoms with Crippen molar-refractivity contribution in [1.29, 1.82) is 0 Å². The van der Waals surface area contributed by atoms with Gasteiger partial charge in [-0.2, -0.15) is 0 Å². The van der Waals surface area contributed by atoms with Crippen LogP contribution < -0.4 is 0 Å². The van der Waals surface area contributed by atoms with Crippen LogP contribution >= 0.6 is 31.9 Å². The Kier molecular flexibility index (Phi) is 3.31. The van der Waals surface area contributed by atoms with E-state index in [0.29, 0.717) is 5.52 Å². The van der Waals surface area contributed by atoms with Crippen LogP contribution in [0.1, 0.15) is 10.4 Å². The van der Waals surface area contributed by atoms with Crippen molar-refractivity contribution in [3.05, 3.63) is 50.9 Å². The van der Waals surface area contributed by atoms with Gasteiger partial charge in [0.2, 0.25) is 0 Å². The molecule has 1 N–H and O–H groups in total. The Hall–Kier alpha value is -1.73. The van der Waals surface area contributed by atoms with Crippen molar-refractivity contribution < 1.29 is 9.90 Å². The fourth-order valence-corrected chi connectivity index (χ4v) is 3.25. The summed E-state index contributed by atoms with van der Waals surface area (Å²) in [5.74, 6) is -0.983. The summed E-state index contributed by atoms with van der Waals surface area (Å²) in [6.07, 6.45) is 0. The van der Waals surface area contributed by atoms with Gasteiger partial charge >= 0.3 is 5.97 Å². The standard InChI is InChI=1S/C13H7Br2N3O2/c14-8-2-1-3-9(15)12(8)18-11-5-4-7(13(19)20)6-10(11)16-17-18/h1-6H,(H,19,20). The molecule has 1 aromatic heterocycles. The highest BCUT2D eigenvalue weighted by Gasteiger charge is 2.14. The zero-order valence-electron chi connectivity index (χ0n) is 9.92. The third-order valence-corrected chi connectivity index (χ3v) is 4.12. The largest absolute Gasteiger partial charge is 0.478 e. The van der Waals surface area contributed by atoms with Gasteiger partial charge in [-0.15, -0.1) is 5.10 Å². The number of halogens is 2. The summed E-state index contributed by atoms with van der Waals surface area (Å²) in [5.41, 5.74) is 2.28. The van der Waals surface area contributed by atoms with E-state index in [1.807, 2.05) is 18.2 Å². The van der Waals surface area contributed by atoms with E-state index in [1.54, 1.807) is 10.7 Å². The number of para-hydroxylation sites is 1. The molecule has 0 radical (unpaired) electrons. The van der Waals surface area contributed by atoms with E-state index in [-0.39, 0.29) is 5.56 Å². The molecule has 0 saturated carbocycles. The van der Waals surface area contributed by atoms with E-state index in [9.17, 15) is 4.79 Å². The highest BCUT2D eigenvalue weighted by Crippen LogP contribution is 2.30. The lowest BCUT2D eigenvalue weighted by atomic mass is 10.2. The molecule has 100 valence electrons. The molecule has 3 rings (SSSR count). The molecule has 7 heteroatoms. The summed E-state index contributed by atoms with van der Waals surface area (Å²) >= 11 is 6.96. The number of carboxylic acids is 1. The van der Waals surface area contributed by atoms with E-state index in [2.05, 4.69) is 42.2 Å². The zero-order chi connectivity index (χ0) is 14.3. The van der Waals surface area contributed by atoms with Gasteiger partial charge in [-0.05, 0) is 62.2 Å². The van der Waals surface area contributed by atoms with Crippen LogP contribution in [0, 0.1) is 0 Å². The molecule has 1 heterocycles. The highest BCUT2D eigenvalue weighted by molar-refractivity contribution is 9.11. The lowest BCUT2D eigenvalue weighted by Crippen LogP contribution is -1.99. The van der Waals surface area contributed by atoms with E-state index in [1.165, 1.54) is 12.1 Å². The van der Waals surface area contributed by atoms with Crippen molar-refractivity contribution in [2.45, 2.75) is 0 Å². The van der Waals surface area contributed by atoms with Gasteiger partial charge in [0.25, 0.3) is 0 Å². The molecule has 2 aromatic carbocycles. The van der Waals surface area contributed by atoms with Gasteiger partial charge in [0.15, 0.2) is 0 Å². The fourth-order valence-electron chi connectivity index (χ4n) is 1.91. The quantitative estimate of drug-likeness (QED) is 0.717. The first-order valence-corrected chi connectivity index (χ1v) is 7.19. The third-order valence-electron chi connectivity index (χ3n) is 2.84. The Morgan fingerprint density at radius 3 is 2.50 bits per heavy atom. The molecule has 0 amide bonds. The first-order valence-electron chi connectivity index (χ1n) is 5.61. The molecule has 0 fully saturated rings. The summed E-state index contributed by atoms with van der Waals surface area (Å²) in [6.45, 7) is 0. The lowest BCUT2D eigenvalue weighted by molar-refractivity contribution is 0.0697. The van der Waals surface area contributed by atoms with E-state index in [0.717, 1.165) is 20.1 Å². The molecule has 0 aliphatic rings. The number of fused-ring (bicyclic) bond motifs is 1. The highest BCUT2D eigenvalue weighted by atomic mass is 79.9. The Morgan fingerprint density at radius 2 is 1.85 bits per heavy atom. The Morgan fingerprint density at radius 1 is 1.15 bits per heavy atom. The van der Waals surface area contributed by atoms with Gasteiger partial charge in [0, 0.05) is 8.95 Å². The number of nitrogens with zero attached hydrogens (tertiary/aromatic N) is 3. The van der Waals surface area contributed by atoms with Crippen LogP contribution in [0.3, 0.4) is 0 Å². The average Bonchev–Trinajstić information content (AvgIpc) is 2.81. The number of aromatic nitrogens is 3. The van der Waals surface area contributed by atoms with Crippen molar-refractivity contribution >= 4 is 48.9 Å². The van der Waals surface area contributed by atoms with Crippen molar-refractivity contribution in [1.82, 2.24) is 15.0 Å². The zero-order valence-corrected chi connectivity index (χ0v) is 13.1. The molecule has 0 saturated heterocycles. The monoisotopic (exact) mass is 395 g/mol. The molecule has 0 unspecified atom stereocenters. The first-order chi connectivity index (χ1) is 9.58. The molecule has 0 spiro atoms. The molecule has 0 bridgehead atoms. The van der Waals surface area contributed by atoms with Gasteiger partial charge in [0.05, 0.1) is 16.8 Å². The number of hydrogen-bond donors (Lipinski definition) is 1. The van der Waals surface area contributed by atoms with Crippen LogP contribution in [0.5, 0.6) is 0 Å². The van der Waals surface area contributed by atoms with Crippen LogP contribution in [-0.2, 0) is 0 Å². The van der Waals surface area contributed by atoms with Gasteiger partial charge in [-0.25, -0.2) is 9.48 Å². The van der Waals surface area contributed by atoms with Gasteiger partial charge in [0.1, 0.15) is 5.52 Å². The average molecular weight is 397 g/mol. The Labute approximate surface area is 130 Å². The van der Waals surface area contributed by atoms with Crippen LogP contribution in [0.2, 0.25) is 0 Å². The molecule has 0 atom stereocenters. The number of aromatic carboxylic acids is 1. The summed E-state index contributed by atoms with van der Waals surface area (Å²) in [4.78, 5) is 11.0. The van der Waals surface area contributed by atoms with Gasteiger partial charge < -0.3 is 5.11 Å². The molecule has 5 nitrogen and oxygen atoms in total. The van der Waals surface area contributed by atoms with Crippen molar-refractivity contribution in [2.75, 3.05) is 0 Å². The minimum absolute atomic E-state index is 0.191. The van der Waals surface area contributed by atoms with E-state index < -0.39 is 5.97 Å². The number of hydrogen-bond acceptors (Lipinski definition) is 3. The third kappa shape index (κ3) is 2.12. The normalized spacial score (nSPS) is 10.9. The van der Waals surface area contributed by atoms with Crippen LogP contribution in [0.25, 0.3) is 16.7 Å². The number of carboxylic acid groups (broad SMARTS) is 1. The molecule has 20 heavy (non-hydrogen) atoms. The summed E-state index contributed by atoms with van der Waals surface area (Å²) in [7, 11) is 0. The lowest BCUT2D eigenvalue weighted by Gasteiger charge is -2.07. The number of rotatable bonds is 2. The topological polar surface area (TPSA) is 68.0 Å². The van der Waals surface area contributed by atoms with Crippen LogP contribution in [0.15, 0.2) is 45.3 Å². The van der Waals surface area contributed by atoms with E-state index >= 15 is 0 Å².